The molecule has 0 aliphatic heterocycles. The number of methoxy groups -OCH3 is 1. The summed E-state index contributed by atoms with van der Waals surface area (Å²) < 4.78 is 44.7. The van der Waals surface area contributed by atoms with Crippen LogP contribution in [0.1, 0.15) is 24.1 Å². The molecule has 0 amide bonds. The van der Waals surface area contributed by atoms with Crippen LogP contribution in [0.5, 0.6) is 5.75 Å². The van der Waals surface area contributed by atoms with Gasteiger partial charge in [-0.1, -0.05) is 12.1 Å². The standard InChI is InChI=1S/C16H16F3NO/c1-9-4-5-12(15(6-9)21-3)10(2)20-11-7-13(17)16(19)14(18)8-11/h4-8,10,20H,1-3H3. The van der Waals surface area contributed by atoms with E-state index in [4.69, 9.17) is 4.74 Å². The molecule has 1 N–H and O–H groups in total. The highest BCUT2D eigenvalue weighted by molar-refractivity contribution is 5.49. The van der Waals surface area contributed by atoms with Crippen LogP contribution in [0.25, 0.3) is 0 Å². The van der Waals surface area contributed by atoms with E-state index >= 15 is 0 Å². The largest absolute Gasteiger partial charge is 0.496 e. The Kier molecular flexibility index (Phi) is 4.40. The summed E-state index contributed by atoms with van der Waals surface area (Å²) in [6.07, 6.45) is 0. The number of hydrogen-bond donors (Lipinski definition) is 1. The molecule has 0 saturated carbocycles. The van der Waals surface area contributed by atoms with Crippen molar-refractivity contribution >= 4 is 5.69 Å². The van der Waals surface area contributed by atoms with Crippen LogP contribution in [0.3, 0.4) is 0 Å². The van der Waals surface area contributed by atoms with Crippen molar-refractivity contribution in [2.75, 3.05) is 12.4 Å². The van der Waals surface area contributed by atoms with Crippen LogP contribution in [-0.2, 0) is 0 Å². The van der Waals surface area contributed by atoms with Gasteiger partial charge in [0.15, 0.2) is 17.5 Å². The molecule has 112 valence electrons. The Balaban J connectivity index is 2.28. The van der Waals surface area contributed by atoms with Crippen molar-refractivity contribution in [2.24, 2.45) is 0 Å². The third-order valence-electron chi connectivity index (χ3n) is 3.22. The molecule has 0 aliphatic carbocycles. The fraction of sp³-hybridized carbons (Fsp3) is 0.250. The Bertz CT molecular complexity index is 635. The van der Waals surface area contributed by atoms with Gasteiger partial charge in [0, 0.05) is 23.4 Å². The van der Waals surface area contributed by atoms with E-state index in [1.54, 1.807) is 7.11 Å². The molecule has 0 heterocycles. The monoisotopic (exact) mass is 295 g/mol. The molecule has 0 spiro atoms. The van der Waals surface area contributed by atoms with Crippen molar-refractivity contribution in [2.45, 2.75) is 19.9 Å². The first-order valence-corrected chi connectivity index (χ1v) is 6.48. The highest BCUT2D eigenvalue weighted by Crippen LogP contribution is 2.29. The van der Waals surface area contributed by atoms with Crippen molar-refractivity contribution in [3.8, 4) is 5.75 Å². The smallest absolute Gasteiger partial charge is 0.194 e. The second-order valence-electron chi connectivity index (χ2n) is 4.87. The summed E-state index contributed by atoms with van der Waals surface area (Å²) in [5.41, 5.74) is 2.05. The maximum atomic E-state index is 13.2. The number of aryl methyl sites for hydroxylation is 1. The summed E-state index contributed by atoms with van der Waals surface area (Å²) in [4.78, 5) is 0. The summed E-state index contributed by atoms with van der Waals surface area (Å²) in [6.45, 7) is 3.77. The van der Waals surface area contributed by atoms with Crippen molar-refractivity contribution in [1.82, 2.24) is 0 Å². The van der Waals surface area contributed by atoms with E-state index in [1.807, 2.05) is 32.0 Å². The topological polar surface area (TPSA) is 21.3 Å². The molecular formula is C16H16F3NO. The van der Waals surface area contributed by atoms with Crippen LogP contribution in [0, 0.1) is 24.4 Å². The molecule has 0 saturated heterocycles. The van der Waals surface area contributed by atoms with Crippen molar-refractivity contribution in [3.05, 3.63) is 58.9 Å². The molecule has 0 fully saturated rings. The first-order valence-electron chi connectivity index (χ1n) is 6.48. The van der Waals surface area contributed by atoms with Crippen LogP contribution < -0.4 is 10.1 Å². The van der Waals surface area contributed by atoms with Gasteiger partial charge in [-0.05, 0) is 25.5 Å². The zero-order valence-electron chi connectivity index (χ0n) is 12.0. The fourth-order valence-electron chi connectivity index (χ4n) is 2.14. The van der Waals surface area contributed by atoms with Gasteiger partial charge in [0.2, 0.25) is 0 Å². The summed E-state index contributed by atoms with van der Waals surface area (Å²) in [6, 6.07) is 7.26. The number of hydrogen-bond acceptors (Lipinski definition) is 2. The quantitative estimate of drug-likeness (QED) is 0.833. The van der Waals surface area contributed by atoms with Crippen LogP contribution in [0.4, 0.5) is 18.9 Å². The third-order valence-corrected chi connectivity index (χ3v) is 3.22. The van der Waals surface area contributed by atoms with E-state index in [0.29, 0.717) is 5.75 Å². The lowest BCUT2D eigenvalue weighted by Gasteiger charge is -2.19. The van der Waals surface area contributed by atoms with Gasteiger partial charge in [-0.3, -0.25) is 0 Å². The van der Waals surface area contributed by atoms with Gasteiger partial charge in [0.25, 0.3) is 0 Å². The molecule has 0 bridgehead atoms. The van der Waals surface area contributed by atoms with Crippen molar-refractivity contribution in [3.63, 3.8) is 0 Å². The van der Waals surface area contributed by atoms with E-state index in [-0.39, 0.29) is 11.7 Å². The second kappa shape index (κ2) is 6.08. The molecule has 5 heteroatoms. The van der Waals surface area contributed by atoms with Gasteiger partial charge in [0.05, 0.1) is 13.2 Å². The minimum Gasteiger partial charge on any atom is -0.496 e. The Morgan fingerprint density at radius 3 is 2.24 bits per heavy atom. The summed E-state index contributed by atoms with van der Waals surface area (Å²) in [7, 11) is 1.56. The lowest BCUT2D eigenvalue weighted by Crippen LogP contribution is -2.09. The number of nitrogens with one attached hydrogen (secondary N) is 1. The van der Waals surface area contributed by atoms with Gasteiger partial charge in [-0.2, -0.15) is 0 Å². The van der Waals surface area contributed by atoms with E-state index in [1.165, 1.54) is 0 Å². The molecule has 2 aromatic rings. The summed E-state index contributed by atoms with van der Waals surface area (Å²) in [5, 5.41) is 2.93. The third kappa shape index (κ3) is 3.29. The van der Waals surface area contributed by atoms with E-state index in [9.17, 15) is 13.2 Å². The minimum absolute atomic E-state index is 0.168. The first-order chi connectivity index (χ1) is 9.92. The average molecular weight is 295 g/mol. The molecule has 0 aromatic heterocycles. The predicted octanol–water partition coefficient (Wildman–Crippen LogP) is 4.59. The lowest BCUT2D eigenvalue weighted by atomic mass is 10.0. The van der Waals surface area contributed by atoms with Gasteiger partial charge in [0.1, 0.15) is 5.75 Å². The first kappa shape index (κ1) is 15.2. The molecule has 1 atom stereocenters. The number of rotatable bonds is 4. The van der Waals surface area contributed by atoms with Gasteiger partial charge in [-0.25, -0.2) is 13.2 Å². The summed E-state index contributed by atoms with van der Waals surface area (Å²) >= 11 is 0. The maximum Gasteiger partial charge on any atom is 0.194 e. The number of halogens is 3. The van der Waals surface area contributed by atoms with Gasteiger partial charge < -0.3 is 10.1 Å². The highest BCUT2D eigenvalue weighted by atomic mass is 19.2. The lowest BCUT2D eigenvalue weighted by molar-refractivity contribution is 0.407. The van der Waals surface area contributed by atoms with Crippen LogP contribution in [0.15, 0.2) is 30.3 Å². The normalized spacial score (nSPS) is 12.1. The number of anilines is 1. The van der Waals surface area contributed by atoms with Crippen molar-refractivity contribution < 1.29 is 17.9 Å². The average Bonchev–Trinajstić information content (AvgIpc) is 2.44. The molecule has 0 radical (unpaired) electrons. The molecule has 2 nitrogen and oxygen atoms in total. The SMILES string of the molecule is COc1cc(C)ccc1C(C)Nc1cc(F)c(F)c(F)c1. The number of benzene rings is 2. The Morgan fingerprint density at radius 2 is 1.67 bits per heavy atom. The Hall–Kier alpha value is -2.17. The zero-order valence-corrected chi connectivity index (χ0v) is 12.0. The van der Waals surface area contributed by atoms with Gasteiger partial charge in [-0.15, -0.1) is 0 Å². The molecule has 0 aliphatic rings. The zero-order chi connectivity index (χ0) is 15.6. The van der Waals surface area contributed by atoms with Crippen LogP contribution in [-0.4, -0.2) is 7.11 Å². The number of ether oxygens (including phenoxy) is 1. The molecule has 1 unspecified atom stereocenters. The van der Waals surface area contributed by atoms with Crippen LogP contribution >= 0.6 is 0 Å². The minimum atomic E-state index is -1.47. The van der Waals surface area contributed by atoms with Crippen molar-refractivity contribution in [1.29, 1.82) is 0 Å². The van der Waals surface area contributed by atoms with Crippen LogP contribution in [0.2, 0.25) is 0 Å². The second-order valence-corrected chi connectivity index (χ2v) is 4.87. The molecule has 2 aromatic carbocycles. The van der Waals surface area contributed by atoms with E-state index < -0.39 is 17.5 Å². The highest BCUT2D eigenvalue weighted by Gasteiger charge is 2.15. The summed E-state index contributed by atoms with van der Waals surface area (Å²) in [5.74, 6) is -3.24. The fourth-order valence-corrected chi connectivity index (χ4v) is 2.14. The van der Waals surface area contributed by atoms with E-state index in [2.05, 4.69) is 5.32 Å². The maximum absolute atomic E-state index is 13.2. The van der Waals surface area contributed by atoms with Gasteiger partial charge >= 0.3 is 0 Å². The van der Waals surface area contributed by atoms with E-state index in [0.717, 1.165) is 23.3 Å². The molecular weight excluding hydrogens is 279 g/mol. The predicted molar refractivity (Wildman–Crippen MR) is 76.1 cm³/mol. The Labute approximate surface area is 121 Å². The Morgan fingerprint density at radius 1 is 1.05 bits per heavy atom. The molecule has 2 rings (SSSR count). The molecule has 21 heavy (non-hydrogen) atoms.